The quantitative estimate of drug-likeness (QED) is 0.600. The molecule has 2 aliphatic rings. The lowest BCUT2D eigenvalue weighted by Crippen LogP contribution is -2.60. The predicted molar refractivity (Wildman–Crippen MR) is 112 cm³/mol. The van der Waals surface area contributed by atoms with Crippen LogP contribution in [0.4, 0.5) is 18.0 Å². The number of ether oxygens (including phenoxy) is 1. The fourth-order valence-electron chi connectivity index (χ4n) is 4.04. The molecule has 168 valence electrons. The van der Waals surface area contributed by atoms with Gasteiger partial charge in [-0.1, -0.05) is 13.8 Å². The minimum atomic E-state index is -0.735. The number of hydrogen-bond acceptors (Lipinski definition) is 4. The lowest BCUT2D eigenvalue weighted by Gasteiger charge is -2.44. The van der Waals surface area contributed by atoms with Crippen molar-refractivity contribution in [3.8, 4) is 0 Å². The van der Waals surface area contributed by atoms with E-state index in [0.717, 1.165) is 12.3 Å². The number of nitrogens with zero attached hydrogens (tertiary/aromatic N) is 4. The van der Waals surface area contributed by atoms with Gasteiger partial charge in [-0.2, -0.15) is 5.10 Å². The highest BCUT2D eigenvalue weighted by Gasteiger charge is 2.41. The third-order valence-electron chi connectivity index (χ3n) is 5.31. The van der Waals surface area contributed by atoms with Gasteiger partial charge in [0.25, 0.3) is 0 Å². The minimum absolute atomic E-state index is 0.0513. The van der Waals surface area contributed by atoms with E-state index in [1.165, 1.54) is 17.1 Å². The Kier molecular flexibility index (Phi) is 6.83. The van der Waals surface area contributed by atoms with E-state index in [-0.39, 0.29) is 18.1 Å². The molecule has 0 saturated carbocycles. The number of urea groups is 1. The smallest absolute Gasteiger partial charge is 0.341 e. The summed E-state index contributed by atoms with van der Waals surface area (Å²) in [6, 6.07) is 2.32. The van der Waals surface area contributed by atoms with Crippen molar-refractivity contribution in [2.24, 2.45) is 16.0 Å². The van der Waals surface area contributed by atoms with Crippen molar-refractivity contribution in [2.45, 2.75) is 51.9 Å². The van der Waals surface area contributed by atoms with Crippen molar-refractivity contribution in [1.82, 2.24) is 9.91 Å². The van der Waals surface area contributed by atoms with Gasteiger partial charge in [-0.05, 0) is 37.5 Å². The molecule has 1 aromatic rings. The number of carbonyl (C=O) groups excluding carboxylic acids is 1. The summed E-state index contributed by atoms with van der Waals surface area (Å²) in [6.45, 7) is 8.33. The van der Waals surface area contributed by atoms with Crippen LogP contribution in [0.25, 0.3) is 0 Å². The zero-order valence-corrected chi connectivity index (χ0v) is 18.1. The normalized spacial score (nSPS) is 20.3. The summed E-state index contributed by atoms with van der Waals surface area (Å²) in [6.07, 6.45) is 3.20. The summed E-state index contributed by atoms with van der Waals surface area (Å²) < 4.78 is 45.8. The van der Waals surface area contributed by atoms with Gasteiger partial charge in [-0.15, -0.1) is 0 Å². The largest absolute Gasteiger partial charge is 0.363 e. The first kappa shape index (κ1) is 23.0. The Morgan fingerprint density at radius 3 is 2.48 bits per heavy atom. The van der Waals surface area contributed by atoms with Gasteiger partial charge in [0.15, 0.2) is 0 Å². The Labute approximate surface area is 180 Å². The first-order chi connectivity index (χ1) is 14.6. The molecule has 0 aliphatic carbocycles. The highest BCUT2D eigenvalue weighted by atomic mass is 19.1. The fourth-order valence-corrected chi connectivity index (χ4v) is 4.04. The van der Waals surface area contributed by atoms with Gasteiger partial charge >= 0.3 is 6.03 Å². The highest BCUT2D eigenvalue weighted by molar-refractivity contribution is 5.94. The van der Waals surface area contributed by atoms with Crippen LogP contribution in [0.15, 0.2) is 40.8 Å². The van der Waals surface area contributed by atoms with Crippen LogP contribution in [0.1, 0.15) is 45.7 Å². The number of benzene rings is 1. The number of hydrazone groups is 1. The molecule has 1 aromatic carbocycles. The maximum Gasteiger partial charge on any atom is 0.341 e. The molecule has 2 aliphatic heterocycles. The molecule has 2 heterocycles. The number of amides is 2. The van der Waals surface area contributed by atoms with Gasteiger partial charge in [-0.3, -0.25) is 4.99 Å². The van der Waals surface area contributed by atoms with Crippen LogP contribution in [0.5, 0.6) is 0 Å². The second-order valence-corrected chi connectivity index (χ2v) is 8.48. The summed E-state index contributed by atoms with van der Waals surface area (Å²) in [5.41, 5.74) is 0.320. The molecular formula is C22H27F3N4O2. The molecule has 0 spiro atoms. The van der Waals surface area contributed by atoms with Crippen molar-refractivity contribution in [1.29, 1.82) is 0 Å². The number of hydrogen-bond donors (Lipinski definition) is 0. The standard InChI is InChI=1S/C22H27F3N4O2/c1-14(2)20(26-8-6-23)22(3,4)31-18-12-28(13-18)21(30)29-19(5-7-27-29)15-9-16(24)11-17(25)10-15/h6-11,14,18-19H,5,12-13H2,1-4H3/b8-6+,26-20?/t19-/m0/s1. The van der Waals surface area contributed by atoms with Crippen LogP contribution >= 0.6 is 0 Å². The molecule has 0 bridgehead atoms. The Morgan fingerprint density at radius 2 is 1.90 bits per heavy atom. The van der Waals surface area contributed by atoms with E-state index < -0.39 is 23.3 Å². The number of likely N-dealkylation sites (tertiary alicyclic amines) is 1. The molecule has 0 radical (unpaired) electrons. The Bertz CT molecular complexity index is 888. The maximum atomic E-state index is 13.6. The number of halogens is 3. The predicted octanol–water partition coefficient (Wildman–Crippen LogP) is 4.83. The molecule has 1 atom stereocenters. The average Bonchev–Trinajstić information content (AvgIpc) is 3.13. The average molecular weight is 436 g/mol. The summed E-state index contributed by atoms with van der Waals surface area (Å²) in [4.78, 5) is 18.6. The van der Waals surface area contributed by atoms with Gasteiger partial charge in [0.2, 0.25) is 0 Å². The topological polar surface area (TPSA) is 57.5 Å². The molecule has 2 amide bonds. The summed E-state index contributed by atoms with van der Waals surface area (Å²) in [5, 5.41) is 5.36. The monoisotopic (exact) mass is 436 g/mol. The van der Waals surface area contributed by atoms with Crippen molar-refractivity contribution in [2.75, 3.05) is 13.1 Å². The number of carbonyl (C=O) groups is 1. The molecular weight excluding hydrogens is 409 g/mol. The van der Waals surface area contributed by atoms with E-state index in [0.29, 0.717) is 37.1 Å². The lowest BCUT2D eigenvalue weighted by atomic mass is 9.92. The Balaban J connectivity index is 1.62. The molecule has 1 fully saturated rings. The van der Waals surface area contributed by atoms with Crippen molar-refractivity contribution in [3.63, 3.8) is 0 Å². The number of rotatable bonds is 6. The van der Waals surface area contributed by atoms with E-state index in [4.69, 9.17) is 4.74 Å². The molecule has 1 saturated heterocycles. The van der Waals surface area contributed by atoms with E-state index in [1.807, 2.05) is 27.7 Å². The van der Waals surface area contributed by atoms with Gasteiger partial charge < -0.3 is 9.64 Å². The van der Waals surface area contributed by atoms with Crippen molar-refractivity contribution in [3.05, 3.63) is 47.9 Å². The maximum absolute atomic E-state index is 13.6. The van der Waals surface area contributed by atoms with Gasteiger partial charge in [0.05, 0.1) is 37.1 Å². The fraction of sp³-hybridized carbons (Fsp3) is 0.500. The summed E-state index contributed by atoms with van der Waals surface area (Å²) in [5.74, 6) is -1.34. The van der Waals surface area contributed by atoms with Crippen LogP contribution in [0, 0.1) is 17.6 Å². The molecule has 31 heavy (non-hydrogen) atoms. The minimum Gasteiger partial charge on any atom is -0.363 e. The van der Waals surface area contributed by atoms with Crippen molar-refractivity contribution < 1.29 is 22.7 Å². The van der Waals surface area contributed by atoms with Crippen LogP contribution < -0.4 is 0 Å². The SMILES string of the molecule is CC(C)C(=N/C=C/F)C(C)(C)OC1CN(C(=O)N2N=CC[C@H]2c2cc(F)cc(F)c2)C1. The highest BCUT2D eigenvalue weighted by Crippen LogP contribution is 2.32. The van der Waals surface area contributed by atoms with Crippen LogP contribution in [0.2, 0.25) is 0 Å². The zero-order valence-electron chi connectivity index (χ0n) is 18.1. The molecule has 6 nitrogen and oxygen atoms in total. The van der Waals surface area contributed by atoms with Gasteiger partial charge in [-0.25, -0.2) is 23.0 Å². The van der Waals surface area contributed by atoms with E-state index in [1.54, 1.807) is 11.1 Å². The van der Waals surface area contributed by atoms with Crippen molar-refractivity contribution >= 4 is 18.0 Å². The third kappa shape index (κ3) is 5.15. The molecule has 0 N–H and O–H groups in total. The van der Waals surface area contributed by atoms with E-state index in [9.17, 15) is 18.0 Å². The van der Waals surface area contributed by atoms with E-state index in [2.05, 4.69) is 10.1 Å². The molecule has 0 aromatic heterocycles. The first-order valence-corrected chi connectivity index (χ1v) is 10.2. The van der Waals surface area contributed by atoms with E-state index >= 15 is 0 Å². The zero-order chi connectivity index (χ0) is 22.8. The lowest BCUT2D eigenvalue weighted by molar-refractivity contribution is -0.0941. The third-order valence-corrected chi connectivity index (χ3v) is 5.31. The second kappa shape index (κ2) is 9.21. The number of aliphatic imine (C=N–C) groups is 1. The van der Waals surface area contributed by atoms with Crippen LogP contribution in [-0.4, -0.2) is 52.7 Å². The Hall–Kier alpha value is -2.68. The Morgan fingerprint density at radius 1 is 1.26 bits per heavy atom. The summed E-state index contributed by atoms with van der Waals surface area (Å²) >= 11 is 0. The van der Waals surface area contributed by atoms with Crippen LogP contribution in [0.3, 0.4) is 0 Å². The molecule has 0 unspecified atom stereocenters. The van der Waals surface area contributed by atoms with Gasteiger partial charge in [0, 0.05) is 18.7 Å². The molecule has 3 rings (SSSR count). The second-order valence-electron chi connectivity index (χ2n) is 8.48. The summed E-state index contributed by atoms with van der Waals surface area (Å²) in [7, 11) is 0. The molecule has 9 heteroatoms. The first-order valence-electron chi connectivity index (χ1n) is 10.2. The van der Waals surface area contributed by atoms with Gasteiger partial charge in [0.1, 0.15) is 23.6 Å². The van der Waals surface area contributed by atoms with Crippen LogP contribution in [-0.2, 0) is 4.74 Å².